The summed E-state index contributed by atoms with van der Waals surface area (Å²) in [6.07, 6.45) is 8.05. The van der Waals surface area contributed by atoms with Gasteiger partial charge in [0.2, 0.25) is 5.82 Å². The molecule has 1 heterocycles. The third kappa shape index (κ3) is 2.75. The van der Waals surface area contributed by atoms with E-state index >= 15 is 0 Å². The minimum absolute atomic E-state index is 0.149. The highest BCUT2D eigenvalue weighted by Crippen LogP contribution is 2.26. The Hall–Kier alpha value is -1.04. The lowest BCUT2D eigenvalue weighted by Crippen LogP contribution is -2.39. The molecule has 0 bridgehead atoms. The molecule has 16 heavy (non-hydrogen) atoms. The van der Waals surface area contributed by atoms with Crippen molar-refractivity contribution in [3.63, 3.8) is 0 Å². The molecule has 1 saturated carbocycles. The van der Waals surface area contributed by atoms with Gasteiger partial charge in [-0.3, -0.25) is 9.89 Å². The molecule has 1 fully saturated rings. The molecule has 2 atom stereocenters. The Kier molecular flexibility index (Phi) is 3.82. The largest absolute Gasteiger partial charge is 0.347 e. The lowest BCUT2D eigenvalue weighted by atomic mass is 9.95. The molecule has 0 radical (unpaired) electrons. The Balaban J connectivity index is 1.87. The average molecular weight is 240 g/mol. The Labute approximate surface area is 98.8 Å². The highest BCUT2D eigenvalue weighted by molar-refractivity contribution is 7.99. The van der Waals surface area contributed by atoms with Gasteiger partial charge in [0.05, 0.1) is 0 Å². The summed E-state index contributed by atoms with van der Waals surface area (Å²) in [6, 6.07) is 0.281. The molecule has 5 nitrogen and oxygen atoms in total. The average Bonchev–Trinajstić information content (AvgIpc) is 2.83. The lowest BCUT2D eigenvalue weighted by molar-refractivity contribution is 0.0918. The van der Waals surface area contributed by atoms with Crippen LogP contribution in [0.3, 0.4) is 0 Å². The Morgan fingerprint density at radius 3 is 3.19 bits per heavy atom. The summed E-state index contributed by atoms with van der Waals surface area (Å²) in [7, 11) is 0. The van der Waals surface area contributed by atoms with E-state index < -0.39 is 0 Å². The van der Waals surface area contributed by atoms with E-state index in [4.69, 9.17) is 0 Å². The maximum Gasteiger partial charge on any atom is 0.288 e. The van der Waals surface area contributed by atoms with Crippen LogP contribution in [0.1, 0.15) is 36.3 Å². The lowest BCUT2D eigenvalue weighted by Gasteiger charge is -2.28. The van der Waals surface area contributed by atoms with E-state index in [1.54, 1.807) is 0 Å². The van der Waals surface area contributed by atoms with Gasteiger partial charge < -0.3 is 5.32 Å². The van der Waals surface area contributed by atoms with Crippen molar-refractivity contribution in [3.8, 4) is 0 Å². The molecule has 6 heteroatoms. The number of nitrogens with one attached hydrogen (secondary N) is 2. The normalized spacial score (nSPS) is 25.3. The molecule has 1 aromatic heterocycles. The summed E-state index contributed by atoms with van der Waals surface area (Å²) < 4.78 is 0. The first-order chi connectivity index (χ1) is 7.79. The molecule has 0 spiro atoms. The van der Waals surface area contributed by atoms with Crippen LogP contribution in [0, 0.1) is 0 Å². The first-order valence-electron chi connectivity index (χ1n) is 5.48. The van der Waals surface area contributed by atoms with E-state index in [-0.39, 0.29) is 11.9 Å². The zero-order valence-electron chi connectivity index (χ0n) is 9.27. The van der Waals surface area contributed by atoms with Gasteiger partial charge in [-0.15, -0.1) is 0 Å². The number of aromatic nitrogens is 3. The van der Waals surface area contributed by atoms with Crippen LogP contribution in [0.5, 0.6) is 0 Å². The second kappa shape index (κ2) is 5.34. The van der Waals surface area contributed by atoms with Crippen LogP contribution < -0.4 is 5.32 Å². The van der Waals surface area contributed by atoms with Crippen LogP contribution >= 0.6 is 11.8 Å². The van der Waals surface area contributed by atoms with E-state index in [2.05, 4.69) is 26.8 Å². The molecular formula is C10H16N4OS. The predicted molar refractivity (Wildman–Crippen MR) is 63.4 cm³/mol. The zero-order valence-corrected chi connectivity index (χ0v) is 10.1. The molecule has 0 aliphatic heterocycles. The highest BCUT2D eigenvalue weighted by atomic mass is 32.2. The van der Waals surface area contributed by atoms with E-state index in [0.717, 1.165) is 12.8 Å². The minimum atomic E-state index is -0.149. The molecule has 2 rings (SSSR count). The molecule has 0 aromatic carbocycles. The molecule has 1 aromatic rings. The third-order valence-electron chi connectivity index (χ3n) is 2.92. The van der Waals surface area contributed by atoms with Crippen LogP contribution in [0.4, 0.5) is 0 Å². The monoisotopic (exact) mass is 240 g/mol. The van der Waals surface area contributed by atoms with Crippen LogP contribution in [0.15, 0.2) is 6.33 Å². The smallest absolute Gasteiger partial charge is 0.288 e. The van der Waals surface area contributed by atoms with Crippen molar-refractivity contribution in [2.75, 3.05) is 6.26 Å². The zero-order chi connectivity index (χ0) is 11.4. The number of hydrogen-bond donors (Lipinski definition) is 2. The summed E-state index contributed by atoms with van der Waals surface area (Å²) in [5.41, 5.74) is 0. The number of rotatable bonds is 3. The van der Waals surface area contributed by atoms with E-state index in [0.29, 0.717) is 11.1 Å². The number of thioether (sulfide) groups is 1. The van der Waals surface area contributed by atoms with Crippen LogP contribution in [0.2, 0.25) is 0 Å². The fraction of sp³-hybridized carbons (Fsp3) is 0.700. The topological polar surface area (TPSA) is 70.7 Å². The van der Waals surface area contributed by atoms with Gasteiger partial charge in [0.15, 0.2) is 0 Å². The van der Waals surface area contributed by atoms with Crippen LogP contribution in [-0.4, -0.2) is 38.6 Å². The fourth-order valence-corrected chi connectivity index (χ4v) is 2.89. The van der Waals surface area contributed by atoms with Crippen molar-refractivity contribution >= 4 is 17.7 Å². The number of aromatic amines is 1. The summed E-state index contributed by atoms with van der Waals surface area (Å²) in [6.45, 7) is 0. The molecule has 1 aliphatic rings. The van der Waals surface area contributed by atoms with Gasteiger partial charge in [-0.05, 0) is 25.5 Å². The van der Waals surface area contributed by atoms with Gasteiger partial charge in [0.1, 0.15) is 6.33 Å². The van der Waals surface area contributed by atoms with Gasteiger partial charge in [-0.2, -0.15) is 16.9 Å². The number of amides is 1. The Morgan fingerprint density at radius 2 is 2.50 bits per heavy atom. The quantitative estimate of drug-likeness (QED) is 0.833. The second-order valence-electron chi connectivity index (χ2n) is 4.03. The predicted octanol–water partition coefficient (Wildman–Crippen LogP) is 1.21. The number of nitrogens with zero attached hydrogens (tertiary/aromatic N) is 2. The van der Waals surface area contributed by atoms with Crippen molar-refractivity contribution < 1.29 is 4.79 Å². The van der Waals surface area contributed by atoms with Crippen LogP contribution in [0.25, 0.3) is 0 Å². The second-order valence-corrected chi connectivity index (χ2v) is 5.17. The standard InChI is InChI=1S/C10H16N4OS/c1-16-8-4-2-3-7(5-8)13-10(15)9-11-6-12-14-9/h6-8H,2-5H2,1H3,(H,13,15)(H,11,12,14). The molecule has 2 N–H and O–H groups in total. The third-order valence-corrected chi connectivity index (χ3v) is 4.02. The summed E-state index contributed by atoms with van der Waals surface area (Å²) in [4.78, 5) is 15.6. The molecule has 2 unspecified atom stereocenters. The molecule has 0 saturated heterocycles. The maximum atomic E-state index is 11.7. The van der Waals surface area contributed by atoms with Crippen LogP contribution in [-0.2, 0) is 0 Å². The number of carbonyl (C=O) groups excluding carboxylic acids is 1. The van der Waals surface area contributed by atoms with Gasteiger partial charge in [0.25, 0.3) is 5.91 Å². The van der Waals surface area contributed by atoms with Crippen molar-refractivity contribution in [1.82, 2.24) is 20.5 Å². The van der Waals surface area contributed by atoms with Crippen molar-refractivity contribution in [2.45, 2.75) is 37.0 Å². The number of hydrogen-bond acceptors (Lipinski definition) is 4. The van der Waals surface area contributed by atoms with E-state index in [1.165, 1.54) is 19.2 Å². The Bertz CT molecular complexity index is 341. The molecule has 1 aliphatic carbocycles. The summed E-state index contributed by atoms with van der Waals surface area (Å²) >= 11 is 1.89. The number of carbonyl (C=O) groups is 1. The molecule has 1 amide bonds. The molecular weight excluding hydrogens is 224 g/mol. The van der Waals surface area contributed by atoms with Crippen molar-refractivity contribution in [2.24, 2.45) is 0 Å². The highest BCUT2D eigenvalue weighted by Gasteiger charge is 2.23. The fourth-order valence-electron chi connectivity index (χ4n) is 2.06. The SMILES string of the molecule is CSC1CCCC(NC(=O)c2ncn[nH]2)C1. The summed E-state index contributed by atoms with van der Waals surface area (Å²) in [5.74, 6) is 0.149. The van der Waals surface area contributed by atoms with Gasteiger partial charge in [-0.1, -0.05) is 6.42 Å². The Morgan fingerprint density at radius 1 is 1.62 bits per heavy atom. The van der Waals surface area contributed by atoms with Crippen molar-refractivity contribution in [3.05, 3.63) is 12.2 Å². The van der Waals surface area contributed by atoms with E-state index in [1.807, 2.05) is 11.8 Å². The van der Waals surface area contributed by atoms with Crippen molar-refractivity contribution in [1.29, 1.82) is 0 Å². The van der Waals surface area contributed by atoms with Gasteiger partial charge >= 0.3 is 0 Å². The van der Waals surface area contributed by atoms with E-state index in [9.17, 15) is 4.79 Å². The molecule has 88 valence electrons. The van der Waals surface area contributed by atoms with Gasteiger partial charge in [-0.25, -0.2) is 4.98 Å². The maximum absolute atomic E-state index is 11.7. The first-order valence-corrected chi connectivity index (χ1v) is 6.77. The number of H-pyrrole nitrogens is 1. The minimum Gasteiger partial charge on any atom is -0.347 e. The van der Waals surface area contributed by atoms with Gasteiger partial charge in [0, 0.05) is 11.3 Å². The first kappa shape index (κ1) is 11.4. The summed E-state index contributed by atoms with van der Waals surface area (Å²) in [5, 5.41) is 9.91.